The Morgan fingerprint density at radius 1 is 1.18 bits per heavy atom. The summed E-state index contributed by atoms with van der Waals surface area (Å²) in [7, 11) is 1.68. The average Bonchev–Trinajstić information content (AvgIpc) is 2.99. The van der Waals surface area contributed by atoms with Crippen LogP contribution in [0.3, 0.4) is 0 Å². The Balaban J connectivity index is 1.93. The highest BCUT2D eigenvalue weighted by Gasteiger charge is 2.11. The van der Waals surface area contributed by atoms with E-state index in [2.05, 4.69) is 35.5 Å². The lowest BCUT2D eigenvalue weighted by atomic mass is 10.1. The molecule has 0 aliphatic heterocycles. The largest absolute Gasteiger partial charge is 0.494 e. The number of hydrogen-bond acceptors (Lipinski definition) is 4. The third kappa shape index (κ3) is 4.69. The van der Waals surface area contributed by atoms with E-state index in [-0.39, 0.29) is 12.3 Å². The van der Waals surface area contributed by atoms with Gasteiger partial charge in [0.1, 0.15) is 5.75 Å². The number of thiazole rings is 1. The SMILES string of the molecule is CCOc1ccc(CC(=O)N=c2sc3c(C)cc(C)cc3n2CCOC)cc1. The van der Waals surface area contributed by atoms with Gasteiger partial charge in [-0.25, -0.2) is 0 Å². The molecule has 3 rings (SSSR count). The third-order valence-corrected chi connectivity index (χ3v) is 5.67. The summed E-state index contributed by atoms with van der Waals surface area (Å²) < 4.78 is 13.9. The minimum absolute atomic E-state index is 0.156. The number of fused-ring (bicyclic) bond motifs is 1. The van der Waals surface area contributed by atoms with Gasteiger partial charge >= 0.3 is 0 Å². The highest BCUT2D eigenvalue weighted by Crippen LogP contribution is 2.23. The predicted molar refractivity (Wildman–Crippen MR) is 113 cm³/mol. The Morgan fingerprint density at radius 3 is 2.61 bits per heavy atom. The second kappa shape index (κ2) is 9.17. The van der Waals surface area contributed by atoms with Crippen molar-refractivity contribution in [1.29, 1.82) is 0 Å². The summed E-state index contributed by atoms with van der Waals surface area (Å²) in [5.41, 5.74) is 4.42. The number of benzene rings is 2. The van der Waals surface area contributed by atoms with Gasteiger partial charge in [-0.2, -0.15) is 4.99 Å². The maximum atomic E-state index is 12.6. The number of carbonyl (C=O) groups excluding carboxylic acids is 1. The molecule has 0 saturated heterocycles. The highest BCUT2D eigenvalue weighted by molar-refractivity contribution is 7.16. The summed E-state index contributed by atoms with van der Waals surface area (Å²) in [5.74, 6) is 0.652. The zero-order valence-corrected chi connectivity index (χ0v) is 17.6. The molecule has 0 N–H and O–H groups in total. The Bertz CT molecular complexity index is 1030. The molecular weight excluding hydrogens is 372 g/mol. The minimum Gasteiger partial charge on any atom is -0.494 e. The number of rotatable bonds is 7. The van der Waals surface area contributed by atoms with Crippen LogP contribution in [0.25, 0.3) is 10.2 Å². The number of aryl methyl sites for hydroxylation is 2. The number of carbonyl (C=O) groups is 1. The molecule has 0 atom stereocenters. The van der Waals surface area contributed by atoms with E-state index in [0.717, 1.165) is 26.3 Å². The summed E-state index contributed by atoms with van der Waals surface area (Å²) in [5, 5.41) is 0. The van der Waals surface area contributed by atoms with Gasteiger partial charge in [-0.1, -0.05) is 29.5 Å². The number of ether oxygens (including phenoxy) is 2. The topological polar surface area (TPSA) is 52.8 Å². The van der Waals surface area contributed by atoms with Gasteiger partial charge in [0.05, 0.1) is 29.9 Å². The van der Waals surface area contributed by atoms with Gasteiger partial charge in [0.2, 0.25) is 0 Å². The first-order valence-corrected chi connectivity index (χ1v) is 10.2. The van der Waals surface area contributed by atoms with Gasteiger partial charge in [-0.3, -0.25) is 4.79 Å². The molecule has 6 heteroatoms. The van der Waals surface area contributed by atoms with Crippen LogP contribution in [0.2, 0.25) is 0 Å². The van der Waals surface area contributed by atoms with Crippen LogP contribution >= 0.6 is 11.3 Å². The second-order valence-electron chi connectivity index (χ2n) is 6.72. The van der Waals surface area contributed by atoms with E-state index in [1.165, 1.54) is 11.1 Å². The maximum Gasteiger partial charge on any atom is 0.252 e. The summed E-state index contributed by atoms with van der Waals surface area (Å²) >= 11 is 1.56. The first-order chi connectivity index (χ1) is 13.5. The van der Waals surface area contributed by atoms with Crippen molar-refractivity contribution in [1.82, 2.24) is 4.57 Å². The van der Waals surface area contributed by atoms with E-state index in [4.69, 9.17) is 9.47 Å². The summed E-state index contributed by atoms with van der Waals surface area (Å²) in [6.07, 6.45) is 0.267. The van der Waals surface area contributed by atoms with Gasteiger partial charge in [0.15, 0.2) is 4.80 Å². The highest BCUT2D eigenvalue weighted by atomic mass is 32.1. The van der Waals surface area contributed by atoms with Crippen LogP contribution in [0.5, 0.6) is 5.75 Å². The van der Waals surface area contributed by atoms with Crippen molar-refractivity contribution >= 4 is 27.5 Å². The first-order valence-electron chi connectivity index (χ1n) is 9.40. The van der Waals surface area contributed by atoms with Gasteiger partial charge < -0.3 is 14.0 Å². The van der Waals surface area contributed by atoms with Crippen molar-refractivity contribution in [2.24, 2.45) is 4.99 Å². The molecule has 1 aromatic heterocycles. The summed E-state index contributed by atoms with van der Waals surface area (Å²) in [6, 6.07) is 11.9. The molecule has 0 saturated carbocycles. The van der Waals surface area contributed by atoms with Crippen LogP contribution in [0.4, 0.5) is 0 Å². The lowest BCUT2D eigenvalue weighted by molar-refractivity contribution is -0.117. The summed E-state index contributed by atoms with van der Waals surface area (Å²) in [6.45, 7) is 7.98. The van der Waals surface area contributed by atoms with E-state index in [9.17, 15) is 4.79 Å². The van der Waals surface area contributed by atoms with E-state index in [1.807, 2.05) is 31.2 Å². The van der Waals surface area contributed by atoms with Gasteiger partial charge in [0.25, 0.3) is 5.91 Å². The fourth-order valence-corrected chi connectivity index (χ4v) is 4.31. The molecule has 5 nitrogen and oxygen atoms in total. The molecular formula is C22H26N2O3S. The van der Waals surface area contributed by atoms with Gasteiger partial charge in [0, 0.05) is 13.7 Å². The van der Waals surface area contributed by atoms with Crippen molar-refractivity contribution in [2.75, 3.05) is 20.3 Å². The summed E-state index contributed by atoms with van der Waals surface area (Å²) in [4.78, 5) is 17.8. The fourth-order valence-electron chi connectivity index (χ4n) is 3.19. The smallest absolute Gasteiger partial charge is 0.252 e. The van der Waals surface area contributed by atoms with Crippen LogP contribution in [-0.4, -0.2) is 30.8 Å². The molecule has 0 bridgehead atoms. The molecule has 1 heterocycles. The molecule has 148 valence electrons. The van der Waals surface area contributed by atoms with Crippen LogP contribution in [0.15, 0.2) is 41.4 Å². The number of aromatic nitrogens is 1. The third-order valence-electron chi connectivity index (χ3n) is 4.44. The lowest BCUT2D eigenvalue weighted by Gasteiger charge is -2.06. The Labute approximate surface area is 169 Å². The van der Waals surface area contributed by atoms with Gasteiger partial charge in [-0.15, -0.1) is 0 Å². The monoisotopic (exact) mass is 398 g/mol. The number of amides is 1. The molecule has 0 radical (unpaired) electrons. The lowest BCUT2D eigenvalue weighted by Crippen LogP contribution is -2.19. The molecule has 0 fully saturated rings. The van der Waals surface area contributed by atoms with Crippen LogP contribution in [0.1, 0.15) is 23.6 Å². The standard InChI is InChI=1S/C22H26N2O3S/c1-5-27-18-8-6-17(7-9-18)14-20(25)23-22-24(10-11-26-4)19-13-15(2)12-16(3)21(19)28-22/h6-9,12-13H,5,10-11,14H2,1-4H3. The van der Waals surface area contributed by atoms with Crippen molar-refractivity contribution in [3.8, 4) is 5.75 Å². The number of nitrogens with zero attached hydrogens (tertiary/aromatic N) is 2. The van der Waals surface area contributed by atoms with Crippen molar-refractivity contribution < 1.29 is 14.3 Å². The molecule has 0 unspecified atom stereocenters. The number of methoxy groups -OCH3 is 1. The molecule has 0 spiro atoms. The molecule has 2 aromatic carbocycles. The minimum atomic E-state index is -0.156. The fraction of sp³-hybridized carbons (Fsp3) is 0.364. The van der Waals surface area contributed by atoms with Crippen LogP contribution in [-0.2, 0) is 22.5 Å². The zero-order valence-electron chi connectivity index (χ0n) is 16.8. The quantitative estimate of drug-likeness (QED) is 0.604. The number of hydrogen-bond donors (Lipinski definition) is 0. The van der Waals surface area contributed by atoms with E-state index >= 15 is 0 Å². The van der Waals surface area contributed by atoms with E-state index in [0.29, 0.717) is 19.8 Å². The molecule has 3 aromatic rings. The normalized spacial score (nSPS) is 11.9. The van der Waals surface area contributed by atoms with Crippen LogP contribution in [0, 0.1) is 13.8 Å². The predicted octanol–water partition coefficient (Wildman–Crippen LogP) is 4.03. The Morgan fingerprint density at radius 2 is 1.93 bits per heavy atom. The zero-order chi connectivity index (χ0) is 20.1. The van der Waals surface area contributed by atoms with E-state index < -0.39 is 0 Å². The van der Waals surface area contributed by atoms with Crippen molar-refractivity contribution in [2.45, 2.75) is 33.7 Å². The molecule has 1 amide bonds. The van der Waals surface area contributed by atoms with Crippen molar-refractivity contribution in [3.05, 3.63) is 57.9 Å². The Kier molecular flexibility index (Phi) is 6.65. The molecule has 28 heavy (non-hydrogen) atoms. The average molecular weight is 399 g/mol. The van der Waals surface area contributed by atoms with E-state index in [1.54, 1.807) is 18.4 Å². The molecule has 0 aliphatic rings. The first kappa shape index (κ1) is 20.3. The van der Waals surface area contributed by atoms with Gasteiger partial charge in [-0.05, 0) is 55.7 Å². The Hall–Kier alpha value is -2.44. The molecule has 0 aliphatic carbocycles. The second-order valence-corrected chi connectivity index (χ2v) is 7.70. The van der Waals surface area contributed by atoms with Crippen molar-refractivity contribution in [3.63, 3.8) is 0 Å². The maximum absolute atomic E-state index is 12.6. The van der Waals surface area contributed by atoms with Crippen LogP contribution < -0.4 is 9.54 Å².